The van der Waals surface area contributed by atoms with E-state index in [2.05, 4.69) is 36.6 Å². The summed E-state index contributed by atoms with van der Waals surface area (Å²) in [7, 11) is 0. The van der Waals surface area contributed by atoms with Gasteiger partial charge >= 0.3 is 6.61 Å². The molecule has 1 nitrogen and oxygen atoms in total. The maximum absolute atomic E-state index is 11.7. The molecule has 1 aromatic carbocycles. The minimum Gasteiger partial charge on any atom is -0.435 e. The molecular formula is C7H4Br2F2O. The molecule has 0 saturated heterocycles. The van der Waals surface area contributed by atoms with Crippen LogP contribution in [0.5, 0.6) is 5.75 Å². The van der Waals surface area contributed by atoms with Crippen molar-refractivity contribution in [3.63, 3.8) is 0 Å². The second-order valence-electron chi connectivity index (χ2n) is 1.98. The summed E-state index contributed by atoms with van der Waals surface area (Å²) in [5, 5.41) is 0. The van der Waals surface area contributed by atoms with Crippen LogP contribution >= 0.6 is 31.9 Å². The van der Waals surface area contributed by atoms with Gasteiger partial charge in [-0.25, -0.2) is 0 Å². The van der Waals surface area contributed by atoms with Crippen molar-refractivity contribution < 1.29 is 13.5 Å². The van der Waals surface area contributed by atoms with E-state index in [-0.39, 0.29) is 5.75 Å². The molecule has 0 atom stereocenters. The Kier molecular flexibility index (Phi) is 3.46. The summed E-state index contributed by atoms with van der Waals surface area (Å²) in [5.41, 5.74) is 0. The van der Waals surface area contributed by atoms with Crippen molar-refractivity contribution in [3.8, 4) is 5.75 Å². The van der Waals surface area contributed by atoms with Crippen LogP contribution < -0.4 is 4.74 Å². The van der Waals surface area contributed by atoms with Gasteiger partial charge in [-0.2, -0.15) is 8.78 Å². The zero-order valence-electron chi connectivity index (χ0n) is 5.73. The Morgan fingerprint density at radius 3 is 2.00 bits per heavy atom. The number of halogens is 4. The first-order valence-corrected chi connectivity index (χ1v) is 4.57. The van der Waals surface area contributed by atoms with Crippen LogP contribution in [0.25, 0.3) is 0 Å². The van der Waals surface area contributed by atoms with E-state index in [1.807, 2.05) is 0 Å². The predicted molar refractivity (Wildman–Crippen MR) is 48.5 cm³/mol. The van der Waals surface area contributed by atoms with Gasteiger partial charge in [-0.05, 0) is 18.2 Å². The van der Waals surface area contributed by atoms with E-state index in [1.54, 1.807) is 6.07 Å². The highest BCUT2D eigenvalue weighted by atomic mass is 79.9. The lowest BCUT2D eigenvalue weighted by Crippen LogP contribution is -2.01. The molecule has 12 heavy (non-hydrogen) atoms. The lowest BCUT2D eigenvalue weighted by atomic mass is 10.3. The van der Waals surface area contributed by atoms with Crippen LogP contribution in [0.4, 0.5) is 8.78 Å². The van der Waals surface area contributed by atoms with Crippen molar-refractivity contribution in [2.24, 2.45) is 0 Å². The third-order valence-corrected chi connectivity index (χ3v) is 1.98. The van der Waals surface area contributed by atoms with Crippen molar-refractivity contribution in [1.29, 1.82) is 0 Å². The minimum absolute atomic E-state index is 0.131. The van der Waals surface area contributed by atoms with Gasteiger partial charge in [-0.1, -0.05) is 31.9 Å². The second-order valence-corrected chi connectivity index (χ2v) is 3.82. The first kappa shape index (κ1) is 9.92. The number of alkyl halides is 2. The summed E-state index contributed by atoms with van der Waals surface area (Å²) in [5.74, 6) is 0.131. The monoisotopic (exact) mass is 300 g/mol. The molecule has 0 radical (unpaired) electrons. The Bertz CT molecular complexity index is 258. The molecule has 1 rings (SSSR count). The topological polar surface area (TPSA) is 9.23 Å². The summed E-state index contributed by atoms with van der Waals surface area (Å²) >= 11 is 6.30. The molecule has 0 bridgehead atoms. The Hall–Kier alpha value is -0.160. The molecule has 0 fully saturated rings. The van der Waals surface area contributed by atoms with Crippen LogP contribution in [0, 0.1) is 0 Å². The molecule has 0 aliphatic heterocycles. The quantitative estimate of drug-likeness (QED) is 0.807. The maximum Gasteiger partial charge on any atom is 0.387 e. The Labute approximate surface area is 85.0 Å². The Morgan fingerprint density at radius 1 is 1.08 bits per heavy atom. The smallest absolute Gasteiger partial charge is 0.387 e. The van der Waals surface area contributed by atoms with Crippen LogP contribution in [-0.2, 0) is 0 Å². The molecule has 0 amide bonds. The third-order valence-electron chi connectivity index (χ3n) is 1.06. The number of hydrogen-bond acceptors (Lipinski definition) is 1. The van der Waals surface area contributed by atoms with Gasteiger partial charge in [0, 0.05) is 8.95 Å². The van der Waals surface area contributed by atoms with Gasteiger partial charge in [0.2, 0.25) is 0 Å². The standard InChI is InChI=1S/C7H4Br2F2O/c8-4-1-5(9)3-6(2-4)12-7(10)11/h1-3,7H. The highest BCUT2D eigenvalue weighted by Gasteiger charge is 2.05. The fourth-order valence-electron chi connectivity index (χ4n) is 0.699. The van der Waals surface area contributed by atoms with Gasteiger partial charge in [0.25, 0.3) is 0 Å². The molecule has 0 N–H and O–H groups in total. The number of hydrogen-bond donors (Lipinski definition) is 0. The summed E-state index contributed by atoms with van der Waals surface area (Å²) < 4.78 is 29.0. The van der Waals surface area contributed by atoms with Gasteiger partial charge in [-0.15, -0.1) is 0 Å². The minimum atomic E-state index is -2.79. The van der Waals surface area contributed by atoms with Crippen LogP contribution in [0.3, 0.4) is 0 Å². The molecular weight excluding hydrogens is 298 g/mol. The molecule has 0 unspecified atom stereocenters. The fourth-order valence-corrected chi connectivity index (χ4v) is 1.95. The lowest BCUT2D eigenvalue weighted by molar-refractivity contribution is -0.0499. The Balaban J connectivity index is 2.85. The van der Waals surface area contributed by atoms with Crippen molar-refractivity contribution in [3.05, 3.63) is 27.1 Å². The van der Waals surface area contributed by atoms with Gasteiger partial charge in [0.15, 0.2) is 0 Å². The van der Waals surface area contributed by atoms with Gasteiger partial charge < -0.3 is 4.74 Å². The molecule has 0 aliphatic rings. The third kappa shape index (κ3) is 3.06. The number of ether oxygens (including phenoxy) is 1. The summed E-state index contributed by atoms with van der Waals surface area (Å²) in [4.78, 5) is 0. The molecule has 66 valence electrons. The molecule has 0 saturated carbocycles. The number of benzene rings is 1. The average molecular weight is 302 g/mol. The zero-order valence-corrected chi connectivity index (χ0v) is 8.90. The molecule has 5 heteroatoms. The molecule has 1 aromatic rings. The Morgan fingerprint density at radius 2 is 1.58 bits per heavy atom. The molecule has 0 aliphatic carbocycles. The number of rotatable bonds is 2. The summed E-state index contributed by atoms with van der Waals surface area (Å²) in [6, 6.07) is 4.67. The van der Waals surface area contributed by atoms with E-state index in [9.17, 15) is 8.78 Å². The van der Waals surface area contributed by atoms with Crippen LogP contribution in [0.15, 0.2) is 27.1 Å². The maximum atomic E-state index is 11.7. The van der Waals surface area contributed by atoms with E-state index in [0.29, 0.717) is 8.95 Å². The second kappa shape index (κ2) is 4.18. The van der Waals surface area contributed by atoms with Crippen molar-refractivity contribution in [1.82, 2.24) is 0 Å². The van der Waals surface area contributed by atoms with Gasteiger partial charge in [0.1, 0.15) is 5.75 Å². The first-order valence-electron chi connectivity index (χ1n) is 2.99. The van der Waals surface area contributed by atoms with E-state index in [4.69, 9.17) is 0 Å². The fraction of sp³-hybridized carbons (Fsp3) is 0.143. The van der Waals surface area contributed by atoms with E-state index in [1.165, 1.54) is 12.1 Å². The van der Waals surface area contributed by atoms with Crippen LogP contribution in [0.1, 0.15) is 0 Å². The highest BCUT2D eigenvalue weighted by molar-refractivity contribution is 9.11. The average Bonchev–Trinajstić information content (AvgIpc) is 1.81. The van der Waals surface area contributed by atoms with Gasteiger partial charge in [-0.3, -0.25) is 0 Å². The van der Waals surface area contributed by atoms with E-state index < -0.39 is 6.61 Å². The van der Waals surface area contributed by atoms with E-state index in [0.717, 1.165) is 0 Å². The van der Waals surface area contributed by atoms with Crippen molar-refractivity contribution in [2.45, 2.75) is 6.61 Å². The summed E-state index contributed by atoms with van der Waals surface area (Å²) in [6.07, 6.45) is 0. The lowest BCUT2D eigenvalue weighted by Gasteiger charge is -2.04. The SMILES string of the molecule is FC(F)Oc1cc(Br)cc(Br)c1. The van der Waals surface area contributed by atoms with Crippen LogP contribution in [-0.4, -0.2) is 6.61 Å². The largest absolute Gasteiger partial charge is 0.435 e. The first-order chi connectivity index (χ1) is 5.58. The molecule has 0 aromatic heterocycles. The molecule has 0 heterocycles. The van der Waals surface area contributed by atoms with Crippen LogP contribution in [0.2, 0.25) is 0 Å². The van der Waals surface area contributed by atoms with Crippen molar-refractivity contribution in [2.75, 3.05) is 0 Å². The predicted octanol–water partition coefficient (Wildman–Crippen LogP) is 3.81. The van der Waals surface area contributed by atoms with E-state index >= 15 is 0 Å². The summed E-state index contributed by atoms with van der Waals surface area (Å²) in [6.45, 7) is -2.79. The normalized spacial score (nSPS) is 10.4. The highest BCUT2D eigenvalue weighted by Crippen LogP contribution is 2.25. The zero-order chi connectivity index (χ0) is 9.14. The van der Waals surface area contributed by atoms with Crippen molar-refractivity contribution >= 4 is 31.9 Å². The molecule has 0 spiro atoms. The van der Waals surface area contributed by atoms with Gasteiger partial charge in [0.05, 0.1) is 0 Å².